The largest absolute Gasteiger partial charge is 0.382 e. The highest BCUT2D eigenvalue weighted by molar-refractivity contribution is 7.93. The van der Waals surface area contributed by atoms with Crippen LogP contribution in [-0.4, -0.2) is 45.6 Å². The minimum absolute atomic E-state index is 0.0995. The SMILES string of the molecule is COCCOCN(c1onc(C)c1C)S(=O)(=O)c1ccccc1-c1ccccn1. The number of anilines is 1. The van der Waals surface area contributed by atoms with E-state index in [4.69, 9.17) is 14.0 Å². The molecule has 0 aliphatic rings. The average molecular weight is 417 g/mol. The molecule has 0 fully saturated rings. The van der Waals surface area contributed by atoms with Crippen LogP contribution >= 0.6 is 0 Å². The van der Waals surface area contributed by atoms with Crippen LogP contribution in [0.1, 0.15) is 11.3 Å². The highest BCUT2D eigenvalue weighted by Crippen LogP contribution is 2.32. The molecule has 0 amide bonds. The standard InChI is InChI=1S/C20H23N3O5S/c1-15-16(2)22-28-20(15)23(14-27-13-12-26-3)29(24,25)19-10-5-4-8-17(19)18-9-6-7-11-21-18/h4-11H,12-14H2,1-3H3. The lowest BCUT2D eigenvalue weighted by molar-refractivity contribution is 0.0744. The Morgan fingerprint density at radius 3 is 2.48 bits per heavy atom. The Morgan fingerprint density at radius 2 is 1.83 bits per heavy atom. The first kappa shape index (κ1) is 21.0. The van der Waals surface area contributed by atoms with Crippen LogP contribution in [0.3, 0.4) is 0 Å². The summed E-state index contributed by atoms with van der Waals surface area (Å²) in [6.45, 7) is 3.84. The first-order chi connectivity index (χ1) is 14.0. The maximum atomic E-state index is 13.7. The van der Waals surface area contributed by atoms with Crippen molar-refractivity contribution in [3.8, 4) is 11.3 Å². The van der Waals surface area contributed by atoms with Gasteiger partial charge in [-0.25, -0.2) is 12.7 Å². The van der Waals surface area contributed by atoms with Gasteiger partial charge in [-0.15, -0.1) is 0 Å². The van der Waals surface area contributed by atoms with E-state index in [1.165, 1.54) is 0 Å². The third kappa shape index (κ3) is 4.47. The summed E-state index contributed by atoms with van der Waals surface area (Å²) in [6.07, 6.45) is 1.62. The third-order valence-electron chi connectivity index (χ3n) is 4.40. The van der Waals surface area contributed by atoms with Crippen LogP contribution < -0.4 is 4.31 Å². The topological polar surface area (TPSA) is 94.8 Å². The predicted octanol–water partition coefficient (Wildman–Crippen LogP) is 3.17. The van der Waals surface area contributed by atoms with Crippen LogP contribution in [-0.2, 0) is 19.5 Å². The van der Waals surface area contributed by atoms with Crippen LogP contribution in [0, 0.1) is 13.8 Å². The van der Waals surface area contributed by atoms with Crippen molar-refractivity contribution < 1.29 is 22.4 Å². The minimum Gasteiger partial charge on any atom is -0.382 e. The van der Waals surface area contributed by atoms with E-state index in [1.54, 1.807) is 69.6 Å². The normalized spacial score (nSPS) is 11.6. The molecule has 0 radical (unpaired) electrons. The molecule has 0 N–H and O–H groups in total. The number of aromatic nitrogens is 2. The lowest BCUT2D eigenvalue weighted by atomic mass is 10.1. The van der Waals surface area contributed by atoms with Gasteiger partial charge < -0.3 is 14.0 Å². The van der Waals surface area contributed by atoms with Gasteiger partial charge in [-0.3, -0.25) is 4.98 Å². The predicted molar refractivity (Wildman–Crippen MR) is 108 cm³/mol. The van der Waals surface area contributed by atoms with E-state index in [0.29, 0.717) is 29.1 Å². The number of aryl methyl sites for hydroxylation is 1. The fourth-order valence-corrected chi connectivity index (χ4v) is 4.25. The van der Waals surface area contributed by atoms with Crippen LogP contribution in [0.4, 0.5) is 5.88 Å². The molecule has 3 rings (SSSR count). The van der Waals surface area contributed by atoms with Crippen molar-refractivity contribution in [3.63, 3.8) is 0 Å². The van der Waals surface area contributed by atoms with E-state index in [-0.39, 0.29) is 24.1 Å². The molecule has 0 saturated carbocycles. The Labute approximate surface area is 170 Å². The van der Waals surface area contributed by atoms with Gasteiger partial charge in [0, 0.05) is 24.4 Å². The molecule has 29 heavy (non-hydrogen) atoms. The van der Waals surface area contributed by atoms with E-state index >= 15 is 0 Å². The summed E-state index contributed by atoms with van der Waals surface area (Å²) in [6, 6.07) is 12.0. The van der Waals surface area contributed by atoms with Crippen molar-refractivity contribution in [2.45, 2.75) is 18.7 Å². The quantitative estimate of drug-likeness (QED) is 0.390. The molecule has 2 aromatic heterocycles. The Kier molecular flexibility index (Phi) is 6.63. The molecule has 0 atom stereocenters. The average Bonchev–Trinajstić information content (AvgIpc) is 3.07. The van der Waals surface area contributed by atoms with Gasteiger partial charge in [-0.2, -0.15) is 0 Å². The van der Waals surface area contributed by atoms with Crippen LogP contribution in [0.25, 0.3) is 11.3 Å². The number of sulfonamides is 1. The number of hydrogen-bond acceptors (Lipinski definition) is 7. The molecule has 8 nitrogen and oxygen atoms in total. The maximum Gasteiger partial charge on any atom is 0.269 e. The van der Waals surface area contributed by atoms with Crippen LogP contribution in [0.15, 0.2) is 58.1 Å². The van der Waals surface area contributed by atoms with E-state index in [0.717, 1.165) is 4.31 Å². The van der Waals surface area contributed by atoms with Crippen molar-refractivity contribution >= 4 is 15.9 Å². The molecule has 0 aliphatic carbocycles. The molecule has 0 aliphatic heterocycles. The Bertz CT molecular complexity index is 1050. The smallest absolute Gasteiger partial charge is 0.269 e. The van der Waals surface area contributed by atoms with Gasteiger partial charge in [0.2, 0.25) is 5.88 Å². The number of benzene rings is 1. The van der Waals surface area contributed by atoms with Gasteiger partial charge >= 0.3 is 0 Å². The zero-order chi connectivity index (χ0) is 20.9. The summed E-state index contributed by atoms with van der Waals surface area (Å²) < 4.78 is 44.2. The Morgan fingerprint density at radius 1 is 1.07 bits per heavy atom. The van der Waals surface area contributed by atoms with Crippen LogP contribution in [0.5, 0.6) is 0 Å². The second-order valence-corrected chi connectivity index (χ2v) is 8.12. The molecular formula is C20H23N3O5S. The molecule has 2 heterocycles. The number of hydrogen-bond donors (Lipinski definition) is 0. The van der Waals surface area contributed by atoms with Crippen molar-refractivity contribution in [2.75, 3.05) is 31.4 Å². The summed E-state index contributed by atoms with van der Waals surface area (Å²) in [5, 5.41) is 3.90. The fourth-order valence-electron chi connectivity index (χ4n) is 2.71. The molecule has 0 bridgehead atoms. The summed E-state index contributed by atoms with van der Waals surface area (Å²) in [4.78, 5) is 4.40. The van der Waals surface area contributed by atoms with Gasteiger partial charge in [0.1, 0.15) is 6.73 Å². The lowest BCUT2D eigenvalue weighted by Gasteiger charge is -2.23. The molecule has 154 valence electrons. The van der Waals surface area contributed by atoms with Gasteiger partial charge in [0.25, 0.3) is 10.0 Å². The molecule has 0 unspecified atom stereocenters. The van der Waals surface area contributed by atoms with Gasteiger partial charge in [-0.05, 0) is 32.0 Å². The first-order valence-corrected chi connectivity index (χ1v) is 10.4. The lowest BCUT2D eigenvalue weighted by Crippen LogP contribution is -2.34. The first-order valence-electron chi connectivity index (χ1n) is 8.99. The van der Waals surface area contributed by atoms with Crippen molar-refractivity contribution in [1.82, 2.24) is 10.1 Å². The highest BCUT2D eigenvalue weighted by atomic mass is 32.2. The van der Waals surface area contributed by atoms with E-state index in [9.17, 15) is 8.42 Å². The van der Waals surface area contributed by atoms with E-state index < -0.39 is 10.0 Å². The van der Waals surface area contributed by atoms with Crippen molar-refractivity contribution in [1.29, 1.82) is 0 Å². The van der Waals surface area contributed by atoms with E-state index in [1.807, 2.05) is 0 Å². The number of rotatable bonds is 9. The molecular weight excluding hydrogens is 394 g/mol. The zero-order valence-electron chi connectivity index (χ0n) is 16.5. The van der Waals surface area contributed by atoms with Gasteiger partial charge in [0.05, 0.1) is 29.5 Å². The Hall–Kier alpha value is -2.75. The second-order valence-electron chi connectivity index (χ2n) is 6.29. The molecule has 0 spiro atoms. The zero-order valence-corrected chi connectivity index (χ0v) is 17.3. The van der Waals surface area contributed by atoms with Crippen LogP contribution in [0.2, 0.25) is 0 Å². The van der Waals surface area contributed by atoms with Crippen molar-refractivity contribution in [2.24, 2.45) is 0 Å². The van der Waals surface area contributed by atoms with Gasteiger partial charge in [-0.1, -0.05) is 29.4 Å². The number of ether oxygens (including phenoxy) is 2. The third-order valence-corrected chi connectivity index (χ3v) is 6.16. The monoisotopic (exact) mass is 417 g/mol. The molecule has 1 aromatic carbocycles. The highest BCUT2D eigenvalue weighted by Gasteiger charge is 2.32. The molecule has 3 aromatic rings. The van der Waals surface area contributed by atoms with Crippen molar-refractivity contribution in [3.05, 3.63) is 59.9 Å². The minimum atomic E-state index is -4.04. The maximum absolute atomic E-state index is 13.7. The summed E-state index contributed by atoms with van der Waals surface area (Å²) in [7, 11) is -2.49. The molecule has 9 heteroatoms. The second kappa shape index (κ2) is 9.17. The number of methoxy groups -OCH3 is 1. The fraction of sp³-hybridized carbons (Fsp3) is 0.300. The molecule has 0 saturated heterocycles. The summed E-state index contributed by atoms with van der Waals surface area (Å²) >= 11 is 0. The van der Waals surface area contributed by atoms with Gasteiger partial charge in [0.15, 0.2) is 0 Å². The summed E-state index contributed by atoms with van der Waals surface area (Å²) in [5.41, 5.74) is 2.27. The summed E-state index contributed by atoms with van der Waals surface area (Å²) in [5.74, 6) is 0.121. The van der Waals surface area contributed by atoms with E-state index in [2.05, 4.69) is 10.1 Å². The number of nitrogens with zero attached hydrogens (tertiary/aromatic N) is 3. The number of pyridine rings is 1. The Balaban J connectivity index is 2.07.